The first kappa shape index (κ1) is 19.8. The molecular formula is C20H25N5O3. The molecule has 0 bridgehead atoms. The molecule has 2 aromatic rings. The minimum Gasteiger partial charge on any atom is -0.379 e. The highest BCUT2D eigenvalue weighted by Gasteiger charge is 2.11. The lowest BCUT2D eigenvalue weighted by atomic mass is 10.2. The summed E-state index contributed by atoms with van der Waals surface area (Å²) in [5.74, 6) is 0.336. The Kier molecular flexibility index (Phi) is 6.94. The fourth-order valence-electron chi connectivity index (χ4n) is 2.88. The smallest absolute Gasteiger partial charge is 0.251 e. The second kappa shape index (κ2) is 9.82. The molecule has 28 heavy (non-hydrogen) atoms. The maximum atomic E-state index is 12.4. The molecular weight excluding hydrogens is 358 g/mol. The normalized spacial score (nSPS) is 14.3. The molecule has 8 heteroatoms. The summed E-state index contributed by atoms with van der Waals surface area (Å²) in [5.41, 5.74) is 2.08. The third-order valence-electron chi connectivity index (χ3n) is 4.32. The van der Waals surface area contributed by atoms with Crippen LogP contribution in [0.15, 0.2) is 42.6 Å². The Morgan fingerprint density at radius 3 is 2.54 bits per heavy atom. The molecule has 0 aliphatic carbocycles. The Labute approximate surface area is 164 Å². The van der Waals surface area contributed by atoms with E-state index in [1.165, 1.54) is 6.92 Å². The molecule has 1 aliphatic rings. The summed E-state index contributed by atoms with van der Waals surface area (Å²) in [6, 6.07) is 10.7. The van der Waals surface area contributed by atoms with Crippen LogP contribution in [0.25, 0.3) is 0 Å². The third-order valence-corrected chi connectivity index (χ3v) is 4.32. The molecule has 0 saturated carbocycles. The van der Waals surface area contributed by atoms with Gasteiger partial charge >= 0.3 is 0 Å². The number of hydrogen-bond donors (Lipinski definition) is 3. The lowest BCUT2D eigenvalue weighted by Gasteiger charge is -2.26. The van der Waals surface area contributed by atoms with Gasteiger partial charge in [-0.2, -0.15) is 0 Å². The number of rotatable bonds is 7. The van der Waals surface area contributed by atoms with Gasteiger partial charge in [-0.3, -0.25) is 14.5 Å². The number of morpholine rings is 1. The molecule has 0 unspecified atom stereocenters. The van der Waals surface area contributed by atoms with E-state index in [9.17, 15) is 9.59 Å². The van der Waals surface area contributed by atoms with Crippen LogP contribution in [-0.2, 0) is 9.53 Å². The minimum atomic E-state index is -0.125. The summed E-state index contributed by atoms with van der Waals surface area (Å²) in [4.78, 5) is 30.0. The summed E-state index contributed by atoms with van der Waals surface area (Å²) < 4.78 is 5.32. The van der Waals surface area contributed by atoms with Crippen LogP contribution < -0.4 is 16.0 Å². The van der Waals surface area contributed by atoms with Crippen molar-refractivity contribution in [3.8, 4) is 0 Å². The number of pyridine rings is 1. The maximum Gasteiger partial charge on any atom is 0.251 e. The van der Waals surface area contributed by atoms with Crippen LogP contribution in [0, 0.1) is 0 Å². The van der Waals surface area contributed by atoms with E-state index >= 15 is 0 Å². The number of amides is 2. The number of carbonyl (C=O) groups excluding carboxylic acids is 2. The summed E-state index contributed by atoms with van der Waals surface area (Å²) in [6.45, 7) is 6.17. The van der Waals surface area contributed by atoms with Gasteiger partial charge in [0.25, 0.3) is 5.91 Å². The Hall–Kier alpha value is -2.97. The van der Waals surface area contributed by atoms with Crippen LogP contribution in [0.5, 0.6) is 0 Å². The van der Waals surface area contributed by atoms with Crippen LogP contribution in [0.1, 0.15) is 17.3 Å². The Morgan fingerprint density at radius 2 is 1.82 bits per heavy atom. The fraction of sp³-hybridized carbons (Fsp3) is 0.350. The number of ether oxygens (including phenoxy) is 1. The number of carbonyl (C=O) groups is 2. The SMILES string of the molecule is CC(=O)Nc1ccc(Nc2cc(C(=O)NCCN3CCOCC3)ccn2)cc1. The van der Waals surface area contributed by atoms with Crippen molar-refractivity contribution in [2.75, 3.05) is 50.0 Å². The fourth-order valence-corrected chi connectivity index (χ4v) is 2.88. The van der Waals surface area contributed by atoms with Crippen molar-refractivity contribution in [1.82, 2.24) is 15.2 Å². The van der Waals surface area contributed by atoms with Crippen LogP contribution in [0.4, 0.5) is 17.2 Å². The standard InChI is InChI=1S/C20H25N5O3/c1-15(26)23-17-2-4-18(5-3-17)24-19-14-16(6-7-21-19)20(27)22-8-9-25-10-12-28-13-11-25/h2-7,14H,8-13H2,1H3,(H,21,24)(H,22,27)(H,23,26). The van der Waals surface area contributed by atoms with Crippen molar-refractivity contribution in [1.29, 1.82) is 0 Å². The molecule has 3 rings (SSSR count). The molecule has 0 radical (unpaired) electrons. The summed E-state index contributed by atoms with van der Waals surface area (Å²) in [6.07, 6.45) is 1.60. The maximum absolute atomic E-state index is 12.4. The predicted octanol–water partition coefficient (Wildman–Crippen LogP) is 1.85. The van der Waals surface area contributed by atoms with Crippen LogP contribution in [0.3, 0.4) is 0 Å². The van der Waals surface area contributed by atoms with Gasteiger partial charge in [-0.05, 0) is 36.4 Å². The number of nitrogens with zero attached hydrogens (tertiary/aromatic N) is 2. The molecule has 8 nitrogen and oxygen atoms in total. The minimum absolute atomic E-state index is 0.116. The first-order valence-corrected chi connectivity index (χ1v) is 9.29. The molecule has 1 aromatic carbocycles. The summed E-state index contributed by atoms with van der Waals surface area (Å²) in [7, 11) is 0. The highest BCUT2D eigenvalue weighted by molar-refractivity contribution is 5.95. The van der Waals surface area contributed by atoms with Crippen LogP contribution in [0.2, 0.25) is 0 Å². The van der Waals surface area contributed by atoms with E-state index in [4.69, 9.17) is 4.74 Å². The van der Waals surface area contributed by atoms with E-state index in [1.807, 2.05) is 12.1 Å². The van der Waals surface area contributed by atoms with E-state index in [0.717, 1.165) is 44.2 Å². The van der Waals surface area contributed by atoms with Gasteiger partial charge in [0.2, 0.25) is 5.91 Å². The van der Waals surface area contributed by atoms with Gasteiger partial charge in [-0.1, -0.05) is 0 Å². The van der Waals surface area contributed by atoms with Crippen molar-refractivity contribution in [3.63, 3.8) is 0 Å². The zero-order valence-electron chi connectivity index (χ0n) is 15.9. The molecule has 3 N–H and O–H groups in total. The molecule has 0 atom stereocenters. The molecule has 1 saturated heterocycles. The van der Waals surface area contributed by atoms with Gasteiger partial charge in [0.15, 0.2) is 0 Å². The van der Waals surface area contributed by atoms with Gasteiger partial charge in [0, 0.05) is 56.2 Å². The van der Waals surface area contributed by atoms with Gasteiger partial charge < -0.3 is 20.7 Å². The Bertz CT molecular complexity index is 804. The summed E-state index contributed by atoms with van der Waals surface area (Å²) >= 11 is 0. The van der Waals surface area contributed by atoms with Crippen LogP contribution in [-0.4, -0.2) is 61.1 Å². The zero-order valence-corrected chi connectivity index (χ0v) is 15.9. The average Bonchev–Trinajstić information content (AvgIpc) is 2.70. The number of hydrogen-bond acceptors (Lipinski definition) is 6. The zero-order chi connectivity index (χ0) is 19.8. The summed E-state index contributed by atoms with van der Waals surface area (Å²) in [5, 5.41) is 8.82. The van der Waals surface area contributed by atoms with Crippen molar-refractivity contribution in [2.24, 2.45) is 0 Å². The first-order valence-electron chi connectivity index (χ1n) is 9.29. The Morgan fingerprint density at radius 1 is 1.11 bits per heavy atom. The number of aromatic nitrogens is 1. The largest absolute Gasteiger partial charge is 0.379 e. The highest BCUT2D eigenvalue weighted by Crippen LogP contribution is 2.18. The third kappa shape index (κ3) is 6.04. The number of benzene rings is 1. The molecule has 1 aromatic heterocycles. The van der Waals surface area contributed by atoms with Crippen LogP contribution >= 0.6 is 0 Å². The predicted molar refractivity (Wildman–Crippen MR) is 108 cm³/mol. The number of nitrogens with one attached hydrogen (secondary N) is 3. The van der Waals surface area contributed by atoms with Gasteiger partial charge in [0.1, 0.15) is 5.82 Å². The van der Waals surface area contributed by atoms with Crippen molar-refractivity contribution < 1.29 is 14.3 Å². The molecule has 2 heterocycles. The average molecular weight is 383 g/mol. The van der Waals surface area contributed by atoms with E-state index in [0.29, 0.717) is 17.9 Å². The van der Waals surface area contributed by atoms with Gasteiger partial charge in [0.05, 0.1) is 13.2 Å². The van der Waals surface area contributed by atoms with E-state index in [1.54, 1.807) is 30.5 Å². The molecule has 2 amide bonds. The van der Waals surface area contributed by atoms with E-state index in [-0.39, 0.29) is 11.8 Å². The lowest BCUT2D eigenvalue weighted by Crippen LogP contribution is -2.41. The van der Waals surface area contributed by atoms with Gasteiger partial charge in [-0.15, -0.1) is 0 Å². The highest BCUT2D eigenvalue weighted by atomic mass is 16.5. The van der Waals surface area contributed by atoms with Gasteiger partial charge in [-0.25, -0.2) is 4.98 Å². The van der Waals surface area contributed by atoms with Crippen molar-refractivity contribution in [2.45, 2.75) is 6.92 Å². The molecule has 0 spiro atoms. The molecule has 1 fully saturated rings. The monoisotopic (exact) mass is 383 g/mol. The van der Waals surface area contributed by atoms with Crippen molar-refractivity contribution in [3.05, 3.63) is 48.2 Å². The van der Waals surface area contributed by atoms with E-state index in [2.05, 4.69) is 25.8 Å². The number of anilines is 3. The second-order valence-electron chi connectivity index (χ2n) is 6.52. The quantitative estimate of drug-likeness (QED) is 0.675. The second-order valence-corrected chi connectivity index (χ2v) is 6.52. The Balaban J connectivity index is 1.52. The van der Waals surface area contributed by atoms with E-state index < -0.39 is 0 Å². The first-order chi connectivity index (χ1) is 13.6. The van der Waals surface area contributed by atoms with Crippen molar-refractivity contribution >= 4 is 29.0 Å². The molecule has 148 valence electrons. The lowest BCUT2D eigenvalue weighted by molar-refractivity contribution is -0.114. The molecule has 1 aliphatic heterocycles. The topological polar surface area (TPSA) is 95.6 Å².